The van der Waals surface area contributed by atoms with Crippen molar-refractivity contribution in [2.45, 2.75) is 33.5 Å². The molecule has 0 saturated carbocycles. The lowest BCUT2D eigenvalue weighted by atomic mass is 10.3. The van der Waals surface area contributed by atoms with Crippen LogP contribution in [0.25, 0.3) is 0 Å². The predicted molar refractivity (Wildman–Crippen MR) is 87.7 cm³/mol. The molecular weight excluding hydrogens is 402 g/mol. The summed E-state index contributed by atoms with van der Waals surface area (Å²) >= 11 is 3.33. The minimum Gasteiger partial charge on any atom is -0.358 e. The summed E-state index contributed by atoms with van der Waals surface area (Å²) in [4.78, 5) is 32.1. The third-order valence-corrected chi connectivity index (χ3v) is 4.12. The van der Waals surface area contributed by atoms with E-state index in [-0.39, 0.29) is 18.8 Å². The number of hydrogen-bond donors (Lipinski definition) is 1. The van der Waals surface area contributed by atoms with Crippen LogP contribution in [-0.2, 0) is 24.4 Å². The predicted octanol–water partition coefficient (Wildman–Crippen LogP) is 1.30. The van der Waals surface area contributed by atoms with E-state index in [1.807, 2.05) is 6.92 Å². The van der Waals surface area contributed by atoms with E-state index in [1.54, 1.807) is 10.9 Å². The summed E-state index contributed by atoms with van der Waals surface area (Å²) < 4.78 is 3.37. The van der Waals surface area contributed by atoms with Crippen molar-refractivity contribution in [2.24, 2.45) is 0 Å². The number of amides is 1. The highest BCUT2D eigenvalue weighted by molar-refractivity contribution is 9.10. The van der Waals surface area contributed by atoms with Crippen LogP contribution in [-0.4, -0.2) is 35.3 Å². The molecule has 0 unspecified atom stereocenters. The van der Waals surface area contributed by atoms with Crippen molar-refractivity contribution in [1.29, 1.82) is 0 Å². The molecule has 13 heteroatoms. The quantitative estimate of drug-likeness (QED) is 0.528. The molecule has 0 radical (unpaired) electrons. The molecule has 0 aliphatic heterocycles. The van der Waals surface area contributed by atoms with Gasteiger partial charge in [0.2, 0.25) is 5.91 Å². The topological polar surface area (TPSA) is 151 Å². The third kappa shape index (κ3) is 3.81. The summed E-state index contributed by atoms with van der Waals surface area (Å²) in [5.74, 6) is -1.38. The number of rotatable bonds is 7. The van der Waals surface area contributed by atoms with Gasteiger partial charge in [-0.1, -0.05) is 0 Å². The summed E-state index contributed by atoms with van der Waals surface area (Å²) in [6, 6.07) is 0. The van der Waals surface area contributed by atoms with Gasteiger partial charge in [0, 0.05) is 6.54 Å². The third-order valence-electron chi connectivity index (χ3n) is 3.46. The number of nitro groups is 2. The Bertz CT molecular complexity index is 843. The van der Waals surface area contributed by atoms with E-state index >= 15 is 0 Å². The van der Waals surface area contributed by atoms with Gasteiger partial charge in [-0.3, -0.25) is 19.6 Å². The Hall–Kier alpha value is -2.83. The standard InChI is InChI=1S/C12H14BrN7O5/c1-3-17-9(8(13)4-15-17)5-14-10(21)6-18-7(2)11(19(22)23)12(16-18)20(24)25/h4H,3,5-6H2,1-2H3,(H,14,21). The van der Waals surface area contributed by atoms with E-state index in [4.69, 9.17) is 0 Å². The van der Waals surface area contributed by atoms with Crippen LogP contribution in [0.2, 0.25) is 0 Å². The van der Waals surface area contributed by atoms with E-state index in [9.17, 15) is 25.0 Å². The molecule has 0 saturated heterocycles. The number of aryl methyl sites for hydroxylation is 1. The summed E-state index contributed by atoms with van der Waals surface area (Å²) in [7, 11) is 0. The normalized spacial score (nSPS) is 10.7. The first-order chi connectivity index (χ1) is 11.8. The number of aromatic nitrogens is 4. The maximum atomic E-state index is 12.1. The second-order valence-corrected chi connectivity index (χ2v) is 5.82. The number of halogens is 1. The van der Waals surface area contributed by atoms with Crippen molar-refractivity contribution in [3.8, 4) is 0 Å². The molecule has 0 atom stereocenters. The van der Waals surface area contributed by atoms with Crippen molar-refractivity contribution in [3.63, 3.8) is 0 Å². The molecule has 1 N–H and O–H groups in total. The molecule has 1 amide bonds. The van der Waals surface area contributed by atoms with Crippen molar-refractivity contribution < 1.29 is 14.6 Å². The van der Waals surface area contributed by atoms with E-state index in [2.05, 4.69) is 31.4 Å². The van der Waals surface area contributed by atoms with Gasteiger partial charge in [0.05, 0.1) is 32.9 Å². The summed E-state index contributed by atoms with van der Waals surface area (Å²) in [5.41, 5.74) is -0.0266. The van der Waals surface area contributed by atoms with Crippen LogP contribution in [0.1, 0.15) is 18.3 Å². The summed E-state index contributed by atoms with van der Waals surface area (Å²) in [5, 5.41) is 32.1. The molecule has 0 fully saturated rings. The molecule has 0 aliphatic rings. The summed E-state index contributed by atoms with van der Waals surface area (Å²) in [6.07, 6.45) is 1.61. The highest BCUT2D eigenvalue weighted by Crippen LogP contribution is 2.28. The number of nitrogens with one attached hydrogen (secondary N) is 1. The second-order valence-electron chi connectivity index (χ2n) is 4.96. The zero-order valence-corrected chi connectivity index (χ0v) is 14.9. The molecule has 134 valence electrons. The number of hydrogen-bond acceptors (Lipinski definition) is 7. The van der Waals surface area contributed by atoms with Crippen LogP contribution in [0.15, 0.2) is 10.7 Å². The Labute approximate surface area is 149 Å². The van der Waals surface area contributed by atoms with Crippen molar-refractivity contribution >= 4 is 33.3 Å². The molecule has 0 aromatic carbocycles. The minimum absolute atomic E-state index is 0.0633. The molecule has 25 heavy (non-hydrogen) atoms. The fraction of sp³-hybridized carbons (Fsp3) is 0.417. The molecule has 2 rings (SSSR count). The van der Waals surface area contributed by atoms with Crippen molar-refractivity contribution in [2.75, 3.05) is 0 Å². The Morgan fingerprint density at radius 1 is 1.32 bits per heavy atom. The van der Waals surface area contributed by atoms with Crippen molar-refractivity contribution in [3.05, 3.63) is 42.3 Å². The first-order valence-electron chi connectivity index (χ1n) is 7.09. The molecular formula is C12H14BrN7O5. The SMILES string of the molecule is CCn1ncc(Br)c1CNC(=O)Cn1nc([N+](=O)[O-])c([N+](=O)[O-])c1C. The van der Waals surface area contributed by atoms with Crippen LogP contribution < -0.4 is 5.32 Å². The Morgan fingerprint density at radius 2 is 2.00 bits per heavy atom. The van der Waals surface area contributed by atoms with Gasteiger partial charge in [-0.15, -0.1) is 0 Å². The fourth-order valence-corrected chi connectivity index (χ4v) is 2.66. The first kappa shape index (κ1) is 18.5. The summed E-state index contributed by atoms with van der Waals surface area (Å²) in [6.45, 7) is 3.62. The first-order valence-corrected chi connectivity index (χ1v) is 7.88. The number of nitrogens with zero attached hydrogens (tertiary/aromatic N) is 6. The van der Waals surface area contributed by atoms with E-state index in [0.717, 1.165) is 14.8 Å². The van der Waals surface area contributed by atoms with Gasteiger partial charge in [-0.25, -0.2) is 0 Å². The van der Waals surface area contributed by atoms with E-state index < -0.39 is 27.3 Å². The molecule has 12 nitrogen and oxygen atoms in total. The highest BCUT2D eigenvalue weighted by Gasteiger charge is 2.35. The molecule has 0 spiro atoms. The van der Waals surface area contributed by atoms with Gasteiger partial charge in [0.1, 0.15) is 12.2 Å². The highest BCUT2D eigenvalue weighted by atomic mass is 79.9. The zero-order chi connectivity index (χ0) is 18.7. The lowest BCUT2D eigenvalue weighted by molar-refractivity contribution is -0.424. The van der Waals surface area contributed by atoms with Crippen LogP contribution in [0.4, 0.5) is 11.5 Å². The average molecular weight is 416 g/mol. The van der Waals surface area contributed by atoms with Crippen molar-refractivity contribution in [1.82, 2.24) is 24.9 Å². The smallest absolute Gasteiger partial charge is 0.358 e. The molecule has 0 aliphatic carbocycles. The molecule has 0 bridgehead atoms. The van der Waals surface area contributed by atoms with Gasteiger partial charge in [-0.05, 0) is 34.7 Å². The molecule has 2 aromatic rings. The van der Waals surface area contributed by atoms with E-state index in [0.29, 0.717) is 6.54 Å². The van der Waals surface area contributed by atoms with Gasteiger partial charge in [-0.2, -0.15) is 9.78 Å². The maximum Gasteiger partial charge on any atom is 0.468 e. The molecule has 2 aromatic heterocycles. The minimum atomic E-state index is -0.948. The molecule has 2 heterocycles. The van der Waals surface area contributed by atoms with Gasteiger partial charge in [0.15, 0.2) is 0 Å². The number of carbonyl (C=O) groups is 1. The fourth-order valence-electron chi connectivity index (χ4n) is 2.22. The maximum absolute atomic E-state index is 12.1. The van der Waals surface area contributed by atoms with E-state index in [1.165, 1.54) is 6.92 Å². The monoisotopic (exact) mass is 415 g/mol. The second kappa shape index (κ2) is 7.38. The van der Waals surface area contributed by atoms with Gasteiger partial charge in [0.25, 0.3) is 0 Å². The average Bonchev–Trinajstić information content (AvgIpc) is 3.06. The zero-order valence-electron chi connectivity index (χ0n) is 13.3. The van der Waals surface area contributed by atoms with Crippen LogP contribution in [0, 0.1) is 27.2 Å². The largest absolute Gasteiger partial charge is 0.468 e. The van der Waals surface area contributed by atoms with Crippen LogP contribution in [0.5, 0.6) is 0 Å². The number of carbonyl (C=O) groups excluding carboxylic acids is 1. The Kier molecular flexibility index (Phi) is 5.46. The van der Waals surface area contributed by atoms with Crippen LogP contribution >= 0.6 is 15.9 Å². The Balaban J connectivity index is 2.13. The Morgan fingerprint density at radius 3 is 2.52 bits per heavy atom. The lowest BCUT2D eigenvalue weighted by Gasteiger charge is -2.07. The van der Waals surface area contributed by atoms with Gasteiger partial charge < -0.3 is 15.4 Å². The van der Waals surface area contributed by atoms with Gasteiger partial charge >= 0.3 is 11.5 Å². The lowest BCUT2D eigenvalue weighted by Crippen LogP contribution is -2.29. The van der Waals surface area contributed by atoms with Crippen LogP contribution in [0.3, 0.4) is 0 Å².